The van der Waals surface area contributed by atoms with Crippen LogP contribution in [0.25, 0.3) is 0 Å². The SMILES string of the molecule is CNc1nc(N2CCCC(C(N)=O)C2)cc(C(F)(F)F)n1. The minimum absolute atomic E-state index is 0.110. The maximum absolute atomic E-state index is 12.8. The van der Waals surface area contributed by atoms with Gasteiger partial charge in [-0.05, 0) is 12.8 Å². The molecule has 0 spiro atoms. The second-order valence-electron chi connectivity index (χ2n) is 4.87. The summed E-state index contributed by atoms with van der Waals surface area (Å²) in [5, 5.41) is 2.51. The van der Waals surface area contributed by atoms with Crippen molar-refractivity contribution in [2.24, 2.45) is 11.7 Å². The van der Waals surface area contributed by atoms with Crippen LogP contribution in [-0.2, 0) is 11.0 Å². The van der Waals surface area contributed by atoms with Crippen LogP contribution in [0.4, 0.5) is 24.9 Å². The van der Waals surface area contributed by atoms with Crippen molar-refractivity contribution in [3.8, 4) is 0 Å². The van der Waals surface area contributed by atoms with E-state index in [0.29, 0.717) is 19.4 Å². The van der Waals surface area contributed by atoms with Crippen LogP contribution in [0.3, 0.4) is 0 Å². The van der Waals surface area contributed by atoms with E-state index in [1.807, 2.05) is 0 Å². The average molecular weight is 303 g/mol. The Morgan fingerprint density at radius 2 is 2.19 bits per heavy atom. The number of nitrogens with two attached hydrogens (primary N) is 1. The summed E-state index contributed by atoms with van der Waals surface area (Å²) in [6, 6.07) is 0.893. The number of carbonyl (C=O) groups excluding carboxylic acids is 1. The molecule has 1 unspecified atom stereocenters. The number of carbonyl (C=O) groups is 1. The highest BCUT2D eigenvalue weighted by atomic mass is 19.4. The Bertz CT molecular complexity index is 534. The molecule has 0 saturated carbocycles. The smallest absolute Gasteiger partial charge is 0.369 e. The number of piperidine rings is 1. The zero-order valence-corrected chi connectivity index (χ0v) is 11.4. The highest BCUT2D eigenvalue weighted by Gasteiger charge is 2.35. The number of rotatable bonds is 3. The Kier molecular flexibility index (Phi) is 4.19. The molecule has 0 aromatic carbocycles. The first-order valence-electron chi connectivity index (χ1n) is 6.49. The molecule has 1 saturated heterocycles. The third kappa shape index (κ3) is 3.53. The van der Waals surface area contributed by atoms with Crippen molar-refractivity contribution < 1.29 is 18.0 Å². The summed E-state index contributed by atoms with van der Waals surface area (Å²) in [6.45, 7) is 0.800. The molecular weight excluding hydrogens is 287 g/mol. The van der Waals surface area contributed by atoms with Gasteiger partial charge in [0.1, 0.15) is 5.82 Å². The number of hydrogen-bond donors (Lipinski definition) is 2. The van der Waals surface area contributed by atoms with Crippen molar-refractivity contribution in [3.05, 3.63) is 11.8 Å². The van der Waals surface area contributed by atoms with Crippen molar-refractivity contribution in [1.82, 2.24) is 9.97 Å². The number of anilines is 2. The summed E-state index contributed by atoms with van der Waals surface area (Å²) in [6.07, 6.45) is -3.24. The van der Waals surface area contributed by atoms with Gasteiger partial charge in [0, 0.05) is 26.2 Å². The van der Waals surface area contributed by atoms with Crippen LogP contribution in [0.5, 0.6) is 0 Å². The van der Waals surface area contributed by atoms with Gasteiger partial charge in [0.25, 0.3) is 0 Å². The molecule has 21 heavy (non-hydrogen) atoms. The van der Waals surface area contributed by atoms with Crippen LogP contribution in [0.2, 0.25) is 0 Å². The first-order valence-corrected chi connectivity index (χ1v) is 6.49. The van der Waals surface area contributed by atoms with Crippen LogP contribution in [-0.4, -0.2) is 36.0 Å². The highest BCUT2D eigenvalue weighted by Crippen LogP contribution is 2.31. The number of nitrogens with one attached hydrogen (secondary N) is 1. The summed E-state index contributed by atoms with van der Waals surface area (Å²) in [5.74, 6) is -0.784. The zero-order valence-electron chi connectivity index (χ0n) is 11.4. The number of nitrogens with zero attached hydrogens (tertiary/aromatic N) is 3. The molecule has 6 nitrogen and oxygen atoms in total. The standard InChI is InChI=1S/C12H16F3N5O/c1-17-11-18-8(12(13,14)15)5-9(19-11)20-4-2-3-7(6-20)10(16)21/h5,7H,2-4,6H2,1H3,(H2,16,21)(H,17,18,19). The van der Waals surface area contributed by atoms with Crippen LogP contribution in [0.15, 0.2) is 6.07 Å². The number of primary amides is 1. The summed E-state index contributed by atoms with van der Waals surface area (Å²) >= 11 is 0. The maximum atomic E-state index is 12.8. The molecular formula is C12H16F3N5O. The van der Waals surface area contributed by atoms with Gasteiger partial charge in [0.05, 0.1) is 5.92 Å². The van der Waals surface area contributed by atoms with E-state index in [1.165, 1.54) is 7.05 Å². The second-order valence-corrected chi connectivity index (χ2v) is 4.87. The van der Waals surface area contributed by atoms with Gasteiger partial charge in [-0.1, -0.05) is 0 Å². The minimum Gasteiger partial charge on any atom is -0.369 e. The van der Waals surface area contributed by atoms with Gasteiger partial charge in [-0.3, -0.25) is 4.79 Å². The number of hydrogen-bond acceptors (Lipinski definition) is 5. The number of aromatic nitrogens is 2. The maximum Gasteiger partial charge on any atom is 0.433 e. The molecule has 9 heteroatoms. The van der Waals surface area contributed by atoms with E-state index in [2.05, 4.69) is 15.3 Å². The quantitative estimate of drug-likeness (QED) is 0.877. The topological polar surface area (TPSA) is 84.1 Å². The third-order valence-electron chi connectivity index (χ3n) is 3.37. The van der Waals surface area contributed by atoms with Gasteiger partial charge in [-0.25, -0.2) is 4.98 Å². The summed E-state index contributed by atoms with van der Waals surface area (Å²) in [7, 11) is 1.45. The first kappa shape index (κ1) is 15.3. The molecule has 1 aromatic rings. The van der Waals surface area contributed by atoms with Crippen LogP contribution >= 0.6 is 0 Å². The fraction of sp³-hybridized carbons (Fsp3) is 0.583. The second kappa shape index (κ2) is 5.74. The molecule has 0 aliphatic carbocycles. The molecule has 0 bridgehead atoms. The Morgan fingerprint density at radius 1 is 1.48 bits per heavy atom. The van der Waals surface area contributed by atoms with Crippen molar-refractivity contribution in [3.63, 3.8) is 0 Å². The predicted molar refractivity (Wildman–Crippen MR) is 70.7 cm³/mol. The number of amides is 1. The summed E-state index contributed by atoms with van der Waals surface area (Å²) < 4.78 is 38.5. The fourth-order valence-corrected chi connectivity index (χ4v) is 2.27. The van der Waals surface area contributed by atoms with Gasteiger partial charge in [0.15, 0.2) is 5.69 Å². The third-order valence-corrected chi connectivity index (χ3v) is 3.37. The van der Waals surface area contributed by atoms with Gasteiger partial charge >= 0.3 is 6.18 Å². The fourth-order valence-electron chi connectivity index (χ4n) is 2.27. The molecule has 0 radical (unpaired) electrons. The van der Waals surface area contributed by atoms with Crippen molar-refractivity contribution in [2.75, 3.05) is 30.4 Å². The van der Waals surface area contributed by atoms with Gasteiger partial charge in [-0.2, -0.15) is 18.2 Å². The lowest BCUT2D eigenvalue weighted by atomic mass is 9.97. The zero-order chi connectivity index (χ0) is 15.6. The normalized spacial score (nSPS) is 19.4. The number of alkyl halides is 3. The molecule has 1 aliphatic rings. The first-order chi connectivity index (χ1) is 9.81. The molecule has 1 aromatic heterocycles. The van der Waals surface area contributed by atoms with E-state index in [-0.39, 0.29) is 24.2 Å². The molecule has 1 atom stereocenters. The Balaban J connectivity index is 2.32. The largest absolute Gasteiger partial charge is 0.433 e. The lowest BCUT2D eigenvalue weighted by Gasteiger charge is -2.32. The monoisotopic (exact) mass is 303 g/mol. The van der Waals surface area contributed by atoms with E-state index >= 15 is 0 Å². The summed E-state index contributed by atoms with van der Waals surface area (Å²) in [5.41, 5.74) is 4.26. The van der Waals surface area contributed by atoms with Crippen LogP contribution < -0.4 is 16.0 Å². The molecule has 116 valence electrons. The average Bonchev–Trinajstić information content (AvgIpc) is 2.46. The minimum atomic E-state index is -4.55. The van der Waals surface area contributed by atoms with Crippen molar-refractivity contribution in [2.45, 2.75) is 19.0 Å². The van der Waals surface area contributed by atoms with E-state index in [4.69, 9.17) is 5.73 Å². The predicted octanol–water partition coefficient (Wildman–Crippen LogP) is 1.24. The Morgan fingerprint density at radius 3 is 2.76 bits per heavy atom. The van der Waals surface area contributed by atoms with Crippen molar-refractivity contribution in [1.29, 1.82) is 0 Å². The summed E-state index contributed by atoms with van der Waals surface area (Å²) in [4.78, 5) is 20.3. The highest BCUT2D eigenvalue weighted by molar-refractivity contribution is 5.77. The molecule has 2 rings (SSSR count). The van der Waals surface area contributed by atoms with Crippen molar-refractivity contribution >= 4 is 17.7 Å². The van der Waals surface area contributed by atoms with E-state index in [9.17, 15) is 18.0 Å². The van der Waals surface area contributed by atoms with Gasteiger partial charge in [0.2, 0.25) is 11.9 Å². The van der Waals surface area contributed by atoms with Gasteiger partial charge in [-0.15, -0.1) is 0 Å². The Labute approximate surface area is 119 Å². The van der Waals surface area contributed by atoms with E-state index in [0.717, 1.165) is 6.07 Å². The molecule has 1 fully saturated rings. The van der Waals surface area contributed by atoms with E-state index in [1.54, 1.807) is 4.90 Å². The molecule has 3 N–H and O–H groups in total. The van der Waals surface area contributed by atoms with E-state index < -0.39 is 17.8 Å². The van der Waals surface area contributed by atoms with Crippen LogP contribution in [0, 0.1) is 5.92 Å². The van der Waals surface area contributed by atoms with Crippen LogP contribution in [0.1, 0.15) is 18.5 Å². The molecule has 1 amide bonds. The lowest BCUT2D eigenvalue weighted by molar-refractivity contribution is -0.141. The van der Waals surface area contributed by atoms with Gasteiger partial charge < -0.3 is 16.0 Å². The number of halogens is 3. The molecule has 1 aliphatic heterocycles. The molecule has 2 heterocycles. The lowest BCUT2D eigenvalue weighted by Crippen LogP contribution is -2.41. The Hall–Kier alpha value is -2.06.